The molecule has 9 heteroatoms. The van der Waals surface area contributed by atoms with E-state index in [-0.39, 0.29) is 11.3 Å². The Kier molecular flexibility index (Phi) is 4.85. The molecule has 3 heterocycles. The Hall–Kier alpha value is -3.20. The van der Waals surface area contributed by atoms with Crippen LogP contribution in [0.15, 0.2) is 24.5 Å². The van der Waals surface area contributed by atoms with Crippen molar-refractivity contribution in [3.8, 4) is 5.69 Å². The van der Waals surface area contributed by atoms with Gasteiger partial charge in [0.05, 0.1) is 16.3 Å². The van der Waals surface area contributed by atoms with Gasteiger partial charge >= 0.3 is 0 Å². The molecule has 4 rings (SSSR count). The number of nitrogens with zero attached hydrogens (tertiary/aromatic N) is 6. The first-order valence-electron chi connectivity index (χ1n) is 9.58. The minimum Gasteiger partial charge on any atom is -0.321 e. The summed E-state index contributed by atoms with van der Waals surface area (Å²) in [7, 11) is 0. The van der Waals surface area contributed by atoms with Gasteiger partial charge in [0.15, 0.2) is 0 Å². The van der Waals surface area contributed by atoms with Gasteiger partial charge in [-0.1, -0.05) is 20.8 Å². The molecule has 8 nitrogen and oxygen atoms in total. The third-order valence-corrected chi connectivity index (χ3v) is 6.08. The summed E-state index contributed by atoms with van der Waals surface area (Å²) in [4.78, 5) is 24.0. The van der Waals surface area contributed by atoms with Crippen molar-refractivity contribution in [3.05, 3.63) is 52.0 Å². The van der Waals surface area contributed by atoms with E-state index in [4.69, 9.17) is 4.98 Å². The summed E-state index contributed by atoms with van der Waals surface area (Å²) >= 11 is 1.41. The fourth-order valence-electron chi connectivity index (χ4n) is 3.34. The fraction of sp³-hybridized carbons (Fsp3) is 0.333. The number of thiophene rings is 1. The lowest BCUT2D eigenvalue weighted by Crippen LogP contribution is -2.16. The molecule has 0 unspecified atom stereocenters. The highest BCUT2D eigenvalue weighted by molar-refractivity contribution is 7.20. The third kappa shape index (κ3) is 3.56. The van der Waals surface area contributed by atoms with Gasteiger partial charge < -0.3 is 5.32 Å². The van der Waals surface area contributed by atoms with Crippen LogP contribution in [0.3, 0.4) is 0 Å². The molecule has 0 atom stereocenters. The summed E-state index contributed by atoms with van der Waals surface area (Å²) in [5.41, 5.74) is 4.18. The normalized spacial score (nSPS) is 11.8. The summed E-state index contributed by atoms with van der Waals surface area (Å²) in [5.74, 6) is 0.635. The number of benzene rings is 1. The van der Waals surface area contributed by atoms with Crippen LogP contribution in [0.25, 0.3) is 15.9 Å². The lowest BCUT2D eigenvalue weighted by atomic mass is 9.95. The summed E-state index contributed by atoms with van der Waals surface area (Å²) in [5, 5.41) is 15.2. The second kappa shape index (κ2) is 7.24. The van der Waals surface area contributed by atoms with Crippen LogP contribution in [0, 0.1) is 20.8 Å². The number of carbonyl (C=O) groups is 1. The van der Waals surface area contributed by atoms with Crippen molar-refractivity contribution < 1.29 is 4.79 Å². The highest BCUT2D eigenvalue weighted by atomic mass is 32.1. The molecule has 0 aliphatic rings. The Morgan fingerprint density at radius 1 is 1.13 bits per heavy atom. The van der Waals surface area contributed by atoms with E-state index in [0.717, 1.165) is 38.5 Å². The molecular formula is C21H23N7OS. The van der Waals surface area contributed by atoms with Gasteiger partial charge in [-0.2, -0.15) is 0 Å². The lowest BCUT2D eigenvalue weighted by molar-refractivity contribution is 0.103. The molecule has 0 spiro atoms. The van der Waals surface area contributed by atoms with Gasteiger partial charge in [-0.15, -0.1) is 16.4 Å². The standard InChI is InChI=1S/C21H23N7OS/c1-11-9-14(7-8-15(11)28-10-22-26-27-28)24-18(29)17-12(2)16-13(3)23-20(21(4,5)6)25-19(16)30-17/h7-10H,1-6H3,(H,24,29). The Labute approximate surface area is 178 Å². The van der Waals surface area contributed by atoms with Crippen molar-refractivity contribution in [2.75, 3.05) is 5.32 Å². The van der Waals surface area contributed by atoms with Gasteiger partial charge in [-0.3, -0.25) is 4.79 Å². The minimum atomic E-state index is -0.155. The summed E-state index contributed by atoms with van der Waals surface area (Å²) in [6, 6.07) is 5.62. The van der Waals surface area contributed by atoms with Gasteiger partial charge in [-0.25, -0.2) is 14.6 Å². The maximum absolute atomic E-state index is 13.0. The van der Waals surface area contributed by atoms with Gasteiger partial charge in [0.1, 0.15) is 17.0 Å². The number of hydrogen-bond donors (Lipinski definition) is 1. The number of carbonyl (C=O) groups excluding carboxylic acids is 1. The quantitative estimate of drug-likeness (QED) is 0.534. The molecule has 1 N–H and O–H groups in total. The van der Waals surface area contributed by atoms with E-state index in [9.17, 15) is 4.79 Å². The van der Waals surface area contributed by atoms with Crippen molar-refractivity contribution >= 4 is 33.1 Å². The smallest absolute Gasteiger partial charge is 0.266 e. The van der Waals surface area contributed by atoms with E-state index in [1.807, 2.05) is 39.0 Å². The van der Waals surface area contributed by atoms with Gasteiger partial charge in [0.2, 0.25) is 0 Å². The zero-order valence-electron chi connectivity index (χ0n) is 17.8. The Morgan fingerprint density at radius 2 is 1.90 bits per heavy atom. The molecule has 1 amide bonds. The van der Waals surface area contributed by atoms with Crippen LogP contribution in [0.1, 0.15) is 53.1 Å². The number of rotatable bonds is 3. The molecule has 3 aromatic heterocycles. The van der Waals surface area contributed by atoms with Crippen LogP contribution in [-0.2, 0) is 5.41 Å². The first-order valence-corrected chi connectivity index (χ1v) is 10.4. The molecule has 1 aromatic carbocycles. The minimum absolute atomic E-state index is 0.151. The highest BCUT2D eigenvalue weighted by Gasteiger charge is 2.23. The zero-order chi connectivity index (χ0) is 21.6. The number of anilines is 1. The highest BCUT2D eigenvalue weighted by Crippen LogP contribution is 2.33. The number of aryl methyl sites for hydroxylation is 3. The third-order valence-electron chi connectivity index (χ3n) is 4.90. The predicted molar refractivity (Wildman–Crippen MR) is 117 cm³/mol. The van der Waals surface area contributed by atoms with Gasteiger partial charge in [0.25, 0.3) is 5.91 Å². The van der Waals surface area contributed by atoms with Crippen LogP contribution < -0.4 is 5.32 Å². The second-order valence-corrected chi connectivity index (χ2v) is 9.33. The molecule has 0 bridgehead atoms. The molecule has 0 saturated heterocycles. The van der Waals surface area contributed by atoms with Crippen LogP contribution >= 0.6 is 11.3 Å². The van der Waals surface area contributed by atoms with Crippen molar-refractivity contribution in [2.24, 2.45) is 0 Å². The van der Waals surface area contributed by atoms with Crippen LogP contribution in [0.4, 0.5) is 5.69 Å². The first-order chi connectivity index (χ1) is 14.1. The average Bonchev–Trinajstić information content (AvgIpc) is 3.29. The van der Waals surface area contributed by atoms with Gasteiger partial charge in [0, 0.05) is 16.5 Å². The van der Waals surface area contributed by atoms with E-state index >= 15 is 0 Å². The van der Waals surface area contributed by atoms with E-state index in [2.05, 4.69) is 46.6 Å². The molecule has 4 aromatic rings. The van der Waals surface area contributed by atoms with E-state index in [1.165, 1.54) is 17.7 Å². The molecule has 0 radical (unpaired) electrons. The van der Waals surface area contributed by atoms with Crippen LogP contribution in [0.2, 0.25) is 0 Å². The molecule has 0 aliphatic carbocycles. The Balaban J connectivity index is 1.66. The summed E-state index contributed by atoms with van der Waals surface area (Å²) in [6.45, 7) is 12.1. The molecule has 0 aliphatic heterocycles. The predicted octanol–water partition coefficient (Wildman–Crippen LogP) is 4.14. The van der Waals surface area contributed by atoms with E-state index in [1.54, 1.807) is 4.68 Å². The molecule has 154 valence electrons. The number of fused-ring (bicyclic) bond motifs is 1. The van der Waals surface area contributed by atoms with Gasteiger partial charge in [-0.05, 0) is 60.5 Å². The lowest BCUT2D eigenvalue weighted by Gasteiger charge is -2.16. The number of hydrogen-bond acceptors (Lipinski definition) is 7. The van der Waals surface area contributed by atoms with Crippen LogP contribution in [0.5, 0.6) is 0 Å². The van der Waals surface area contributed by atoms with Crippen molar-refractivity contribution in [1.82, 2.24) is 30.2 Å². The zero-order valence-corrected chi connectivity index (χ0v) is 18.6. The van der Waals surface area contributed by atoms with Crippen LogP contribution in [-0.4, -0.2) is 36.1 Å². The number of aromatic nitrogens is 6. The molecule has 0 fully saturated rings. The Morgan fingerprint density at radius 3 is 2.53 bits per heavy atom. The number of nitrogens with one attached hydrogen (secondary N) is 1. The largest absolute Gasteiger partial charge is 0.321 e. The molecule has 0 saturated carbocycles. The molecule has 30 heavy (non-hydrogen) atoms. The number of tetrazole rings is 1. The Bertz CT molecular complexity index is 1250. The van der Waals surface area contributed by atoms with E-state index < -0.39 is 0 Å². The topological polar surface area (TPSA) is 98.5 Å². The first kappa shape index (κ1) is 20.1. The van der Waals surface area contributed by atoms with Crippen molar-refractivity contribution in [1.29, 1.82) is 0 Å². The van der Waals surface area contributed by atoms with Crippen molar-refractivity contribution in [3.63, 3.8) is 0 Å². The van der Waals surface area contributed by atoms with E-state index in [0.29, 0.717) is 10.6 Å². The molecular weight excluding hydrogens is 398 g/mol. The summed E-state index contributed by atoms with van der Waals surface area (Å²) < 4.78 is 1.59. The summed E-state index contributed by atoms with van der Waals surface area (Å²) in [6.07, 6.45) is 1.54. The van der Waals surface area contributed by atoms with Crippen molar-refractivity contribution in [2.45, 2.75) is 47.0 Å². The number of amides is 1. The second-order valence-electron chi connectivity index (χ2n) is 8.33. The monoisotopic (exact) mass is 421 g/mol. The fourth-order valence-corrected chi connectivity index (χ4v) is 4.47. The average molecular weight is 422 g/mol. The SMILES string of the molecule is Cc1cc(NC(=O)c2sc3nc(C(C)(C)C)nc(C)c3c2C)ccc1-n1cnnn1. The maximum atomic E-state index is 13.0. The maximum Gasteiger partial charge on any atom is 0.266 e.